The molecule has 0 N–H and O–H groups in total. The van der Waals surface area contributed by atoms with Gasteiger partial charge in [-0.05, 0) is 67.7 Å². The molecule has 1 heterocycles. The maximum atomic E-state index is 11.6. The molecular weight excluding hydrogens is 352 g/mol. The molecule has 2 nitrogen and oxygen atoms in total. The van der Waals surface area contributed by atoms with Gasteiger partial charge in [-0.3, -0.25) is 0 Å². The predicted octanol–water partition coefficient (Wildman–Crippen LogP) is 5.82. The van der Waals surface area contributed by atoms with E-state index < -0.39 is 0 Å². The van der Waals surface area contributed by atoms with Gasteiger partial charge in [0, 0.05) is 16.4 Å². The molecule has 0 spiro atoms. The van der Waals surface area contributed by atoms with E-state index in [0.717, 1.165) is 24.3 Å². The SMILES string of the molecule is COC(=O)c1ccc(CCC[C@H]2C(C)C[C@@H](C)[C@@H]2C#Cc2ccccc2)s1. The van der Waals surface area contributed by atoms with Crippen LogP contribution in [0.5, 0.6) is 0 Å². The van der Waals surface area contributed by atoms with Crippen molar-refractivity contribution >= 4 is 17.3 Å². The number of aryl methyl sites for hydroxylation is 1. The lowest BCUT2D eigenvalue weighted by Gasteiger charge is -2.20. The molecule has 3 heteroatoms. The van der Waals surface area contributed by atoms with Crippen LogP contribution in [0.3, 0.4) is 0 Å². The molecule has 0 aliphatic heterocycles. The molecule has 142 valence electrons. The molecule has 1 fully saturated rings. The highest BCUT2D eigenvalue weighted by molar-refractivity contribution is 7.13. The van der Waals surface area contributed by atoms with Crippen molar-refractivity contribution in [3.63, 3.8) is 0 Å². The number of carbonyl (C=O) groups is 1. The van der Waals surface area contributed by atoms with Crippen LogP contribution in [0.2, 0.25) is 0 Å². The molecule has 0 radical (unpaired) electrons. The molecule has 4 atom stereocenters. The Labute approximate surface area is 167 Å². The van der Waals surface area contributed by atoms with E-state index in [1.165, 1.54) is 24.8 Å². The molecule has 0 saturated heterocycles. The molecule has 1 saturated carbocycles. The second kappa shape index (κ2) is 9.24. The summed E-state index contributed by atoms with van der Waals surface area (Å²) >= 11 is 1.56. The fraction of sp³-hybridized carbons (Fsp3) is 0.458. The van der Waals surface area contributed by atoms with Crippen LogP contribution < -0.4 is 0 Å². The van der Waals surface area contributed by atoms with E-state index in [-0.39, 0.29) is 5.97 Å². The van der Waals surface area contributed by atoms with Crippen LogP contribution in [0.4, 0.5) is 0 Å². The summed E-state index contributed by atoms with van der Waals surface area (Å²) in [4.78, 5) is 13.6. The Hall–Kier alpha value is -2.05. The van der Waals surface area contributed by atoms with Crippen LogP contribution >= 0.6 is 11.3 Å². The fourth-order valence-corrected chi connectivity index (χ4v) is 5.29. The first-order valence-electron chi connectivity index (χ1n) is 9.82. The maximum absolute atomic E-state index is 11.6. The Balaban J connectivity index is 1.59. The Morgan fingerprint density at radius 3 is 2.67 bits per heavy atom. The summed E-state index contributed by atoms with van der Waals surface area (Å²) in [7, 11) is 1.43. The second-order valence-corrected chi connectivity index (χ2v) is 8.83. The number of hydrogen-bond acceptors (Lipinski definition) is 3. The average Bonchev–Trinajstić information content (AvgIpc) is 3.25. The minimum absolute atomic E-state index is 0.235. The van der Waals surface area contributed by atoms with Crippen molar-refractivity contribution in [1.29, 1.82) is 0 Å². The summed E-state index contributed by atoms with van der Waals surface area (Å²) in [5.41, 5.74) is 1.11. The maximum Gasteiger partial charge on any atom is 0.348 e. The summed E-state index contributed by atoms with van der Waals surface area (Å²) in [6, 6.07) is 14.2. The molecule has 27 heavy (non-hydrogen) atoms. The zero-order valence-electron chi connectivity index (χ0n) is 16.4. The van der Waals surface area contributed by atoms with Gasteiger partial charge in [0.1, 0.15) is 4.88 Å². The summed E-state index contributed by atoms with van der Waals surface area (Å²) in [5, 5.41) is 0. The molecule has 1 aliphatic carbocycles. The first kappa shape index (κ1) is 19.7. The third kappa shape index (κ3) is 5.02. The van der Waals surface area contributed by atoms with E-state index in [9.17, 15) is 4.79 Å². The van der Waals surface area contributed by atoms with Crippen LogP contribution in [0.15, 0.2) is 42.5 Å². The van der Waals surface area contributed by atoms with Gasteiger partial charge < -0.3 is 4.74 Å². The van der Waals surface area contributed by atoms with E-state index in [2.05, 4.69) is 43.9 Å². The van der Waals surface area contributed by atoms with E-state index in [1.54, 1.807) is 11.3 Å². The highest BCUT2D eigenvalue weighted by Gasteiger charge is 2.37. The largest absolute Gasteiger partial charge is 0.465 e. The van der Waals surface area contributed by atoms with Crippen LogP contribution in [-0.2, 0) is 11.2 Å². The minimum atomic E-state index is -0.235. The Morgan fingerprint density at radius 2 is 1.93 bits per heavy atom. The topological polar surface area (TPSA) is 26.3 Å². The quantitative estimate of drug-likeness (QED) is 0.483. The van der Waals surface area contributed by atoms with Crippen molar-refractivity contribution in [2.24, 2.45) is 23.7 Å². The van der Waals surface area contributed by atoms with Crippen LogP contribution in [0, 0.1) is 35.5 Å². The monoisotopic (exact) mass is 380 g/mol. The lowest BCUT2D eigenvalue weighted by Crippen LogP contribution is -2.14. The van der Waals surface area contributed by atoms with Crippen LogP contribution in [0.1, 0.15) is 53.2 Å². The lowest BCUT2D eigenvalue weighted by molar-refractivity contribution is 0.0606. The van der Waals surface area contributed by atoms with E-state index in [4.69, 9.17) is 4.74 Å². The normalized spacial score (nSPS) is 24.3. The standard InChI is InChI=1S/C24H28O2S/c1-17-16-18(2)22(14-12-19-8-5-4-6-9-19)21(17)11-7-10-20-13-15-23(27-20)24(25)26-3/h4-6,8-9,13,15,17-18,21-22H,7,10-11,16H2,1-3H3/t17?,18-,21+,22+/m1/s1. The second-order valence-electron chi connectivity index (χ2n) is 7.67. The van der Waals surface area contributed by atoms with Crippen molar-refractivity contribution in [2.75, 3.05) is 7.11 Å². The molecule has 1 aliphatic rings. The van der Waals surface area contributed by atoms with Gasteiger partial charge in [0.15, 0.2) is 0 Å². The number of esters is 1. The van der Waals surface area contributed by atoms with Crippen molar-refractivity contribution in [2.45, 2.75) is 39.5 Å². The van der Waals surface area contributed by atoms with Gasteiger partial charge >= 0.3 is 5.97 Å². The third-order valence-corrected chi connectivity index (χ3v) is 6.84. The molecule has 1 unspecified atom stereocenters. The highest BCUT2D eigenvalue weighted by atomic mass is 32.1. The minimum Gasteiger partial charge on any atom is -0.465 e. The summed E-state index contributed by atoms with van der Waals surface area (Å²) in [6.07, 6.45) is 4.64. The number of rotatable bonds is 5. The molecule has 0 amide bonds. The van der Waals surface area contributed by atoms with Crippen molar-refractivity contribution < 1.29 is 9.53 Å². The summed E-state index contributed by atoms with van der Waals surface area (Å²) in [6.45, 7) is 4.73. The van der Waals surface area contributed by atoms with Gasteiger partial charge in [-0.15, -0.1) is 11.3 Å². The Morgan fingerprint density at radius 1 is 1.15 bits per heavy atom. The fourth-order valence-electron chi connectivity index (χ4n) is 4.32. The van der Waals surface area contributed by atoms with Gasteiger partial charge in [0.25, 0.3) is 0 Å². The zero-order chi connectivity index (χ0) is 19.2. The highest BCUT2D eigenvalue weighted by Crippen LogP contribution is 2.43. The van der Waals surface area contributed by atoms with Gasteiger partial charge in [-0.2, -0.15) is 0 Å². The number of ether oxygens (including phenoxy) is 1. The van der Waals surface area contributed by atoms with Gasteiger partial charge in [-0.1, -0.05) is 43.9 Å². The smallest absolute Gasteiger partial charge is 0.348 e. The first-order chi connectivity index (χ1) is 13.1. The van der Waals surface area contributed by atoms with Crippen LogP contribution in [0.25, 0.3) is 0 Å². The molecule has 3 rings (SSSR count). The average molecular weight is 381 g/mol. The number of benzene rings is 1. The van der Waals surface area contributed by atoms with E-state index in [1.807, 2.05) is 24.3 Å². The number of carbonyl (C=O) groups excluding carboxylic acids is 1. The Bertz CT molecular complexity index is 812. The van der Waals surface area contributed by atoms with Gasteiger partial charge in [-0.25, -0.2) is 4.79 Å². The van der Waals surface area contributed by atoms with Crippen LogP contribution in [-0.4, -0.2) is 13.1 Å². The molecule has 1 aromatic carbocycles. The van der Waals surface area contributed by atoms with Crippen molar-refractivity contribution in [3.8, 4) is 11.8 Å². The van der Waals surface area contributed by atoms with Gasteiger partial charge in [0.2, 0.25) is 0 Å². The molecule has 1 aromatic heterocycles. The summed E-state index contributed by atoms with van der Waals surface area (Å²) in [5.74, 6) is 9.29. The Kier molecular flexibility index (Phi) is 6.74. The van der Waals surface area contributed by atoms with E-state index >= 15 is 0 Å². The first-order valence-corrected chi connectivity index (χ1v) is 10.6. The number of methoxy groups -OCH3 is 1. The lowest BCUT2D eigenvalue weighted by atomic mass is 9.84. The molecular formula is C24H28O2S. The molecule has 0 bridgehead atoms. The number of thiophene rings is 1. The predicted molar refractivity (Wildman–Crippen MR) is 112 cm³/mol. The van der Waals surface area contributed by atoms with Gasteiger partial charge in [0.05, 0.1) is 7.11 Å². The molecule has 2 aromatic rings. The number of hydrogen-bond donors (Lipinski definition) is 0. The zero-order valence-corrected chi connectivity index (χ0v) is 17.2. The van der Waals surface area contributed by atoms with Crippen molar-refractivity contribution in [1.82, 2.24) is 0 Å². The van der Waals surface area contributed by atoms with E-state index in [0.29, 0.717) is 22.6 Å². The van der Waals surface area contributed by atoms with Crippen molar-refractivity contribution in [3.05, 3.63) is 57.8 Å². The summed E-state index contributed by atoms with van der Waals surface area (Å²) < 4.78 is 4.79. The third-order valence-electron chi connectivity index (χ3n) is 5.71.